The van der Waals surface area contributed by atoms with Crippen LogP contribution in [0, 0.1) is 16.3 Å². The van der Waals surface area contributed by atoms with Gasteiger partial charge < -0.3 is 5.32 Å². The van der Waals surface area contributed by atoms with E-state index < -0.39 is 4.92 Å². The third-order valence-electron chi connectivity index (χ3n) is 1.19. The van der Waals surface area contributed by atoms with Crippen molar-refractivity contribution in [1.29, 1.82) is 0 Å². The first-order valence-corrected chi connectivity index (χ1v) is 3.39. The maximum absolute atomic E-state index is 10.6. The normalized spacial score (nSPS) is 9.31. The van der Waals surface area contributed by atoms with Crippen molar-refractivity contribution in [3.8, 4) is 0 Å². The van der Waals surface area contributed by atoms with Crippen molar-refractivity contribution in [1.82, 2.24) is 4.98 Å². The van der Waals surface area contributed by atoms with Crippen molar-refractivity contribution in [2.75, 3.05) is 5.32 Å². The molecule has 0 aliphatic heterocycles. The average Bonchev–Trinajstić information content (AvgIpc) is 2.03. The Morgan fingerprint density at radius 1 is 1.77 bits per heavy atom. The zero-order valence-electron chi connectivity index (χ0n) is 6.77. The van der Waals surface area contributed by atoms with Crippen LogP contribution in [0.5, 0.6) is 0 Å². The van der Waals surface area contributed by atoms with E-state index in [1.54, 1.807) is 0 Å². The second-order valence-electron chi connectivity index (χ2n) is 2.29. The molecule has 0 aromatic carbocycles. The summed E-state index contributed by atoms with van der Waals surface area (Å²) in [6.07, 6.45) is 3.47. The minimum absolute atomic E-state index is 0.272. The van der Waals surface area contributed by atoms with Gasteiger partial charge in [-0.05, 0) is 0 Å². The van der Waals surface area contributed by atoms with Gasteiger partial charge in [-0.3, -0.25) is 14.9 Å². The largest absolute Gasteiger partial charge is 0.325 e. The number of anilines is 1. The molecule has 1 aromatic heterocycles. The number of carbonyl (C=O) groups excluding carboxylic acids is 1. The number of rotatable bonds is 2. The van der Waals surface area contributed by atoms with E-state index in [1.807, 2.05) is 0 Å². The quantitative estimate of drug-likeness (QED) is 0.537. The number of pyridine rings is 1. The Bertz CT molecular complexity index is 351. The van der Waals surface area contributed by atoms with Gasteiger partial charge in [-0.2, -0.15) is 0 Å². The van der Waals surface area contributed by atoms with Crippen molar-refractivity contribution in [2.45, 2.75) is 6.92 Å². The second kappa shape index (κ2) is 3.61. The maximum Gasteiger partial charge on any atom is 0.299 e. The zero-order valence-corrected chi connectivity index (χ0v) is 6.77. The summed E-state index contributed by atoms with van der Waals surface area (Å²) in [7, 11) is 0. The molecule has 1 radical (unpaired) electrons. The van der Waals surface area contributed by atoms with Crippen LogP contribution in [0.2, 0.25) is 0 Å². The summed E-state index contributed by atoms with van der Waals surface area (Å²) in [5, 5.41) is 12.6. The first-order valence-electron chi connectivity index (χ1n) is 3.39. The highest BCUT2D eigenvalue weighted by atomic mass is 16.6. The standard InChI is InChI=1S/C7H6N3O3/c1-5(11)9-6-2-7(10(12)13)4-8-3-6/h2-3H,1H3,(H,9,11). The molecular formula is C7H6N3O3. The van der Waals surface area contributed by atoms with Crippen molar-refractivity contribution in [2.24, 2.45) is 0 Å². The highest BCUT2D eigenvalue weighted by molar-refractivity contribution is 5.88. The summed E-state index contributed by atoms with van der Waals surface area (Å²) in [6.45, 7) is 1.31. The summed E-state index contributed by atoms with van der Waals surface area (Å²) in [5.41, 5.74) is 0.0178. The zero-order chi connectivity index (χ0) is 9.84. The lowest BCUT2D eigenvalue weighted by molar-refractivity contribution is -0.385. The Morgan fingerprint density at radius 3 is 3.00 bits per heavy atom. The maximum atomic E-state index is 10.6. The van der Waals surface area contributed by atoms with Gasteiger partial charge in [-0.15, -0.1) is 0 Å². The smallest absolute Gasteiger partial charge is 0.299 e. The van der Waals surface area contributed by atoms with Crippen LogP contribution in [-0.2, 0) is 4.79 Å². The average molecular weight is 180 g/mol. The fourth-order valence-electron chi connectivity index (χ4n) is 0.750. The Kier molecular flexibility index (Phi) is 2.53. The van der Waals surface area contributed by atoms with E-state index in [9.17, 15) is 14.9 Å². The van der Waals surface area contributed by atoms with Crippen molar-refractivity contribution in [3.05, 3.63) is 28.6 Å². The molecule has 1 heterocycles. The van der Waals surface area contributed by atoms with Gasteiger partial charge in [-0.1, -0.05) is 0 Å². The summed E-state index contributed by atoms with van der Waals surface area (Å²) in [5.74, 6) is -0.303. The van der Waals surface area contributed by atoms with Gasteiger partial charge in [0, 0.05) is 13.0 Å². The van der Waals surface area contributed by atoms with Gasteiger partial charge in [0.2, 0.25) is 5.91 Å². The number of amides is 1. The summed E-state index contributed by atoms with van der Waals surface area (Å²) in [4.78, 5) is 23.7. The van der Waals surface area contributed by atoms with Crippen LogP contribution in [0.15, 0.2) is 12.3 Å². The molecule has 0 aliphatic rings. The Labute approximate surface area is 73.7 Å². The predicted octanol–water partition coefficient (Wildman–Crippen LogP) is 0.748. The lowest BCUT2D eigenvalue weighted by Gasteiger charge is -1.98. The molecule has 0 atom stereocenters. The van der Waals surface area contributed by atoms with E-state index in [-0.39, 0.29) is 17.3 Å². The van der Waals surface area contributed by atoms with Gasteiger partial charge in [0.05, 0.1) is 16.8 Å². The number of nitro groups is 1. The minimum Gasteiger partial charge on any atom is -0.325 e. The van der Waals surface area contributed by atoms with Crippen LogP contribution in [0.3, 0.4) is 0 Å². The van der Waals surface area contributed by atoms with Gasteiger partial charge >= 0.3 is 0 Å². The molecule has 0 unspecified atom stereocenters. The first-order chi connectivity index (χ1) is 6.09. The van der Waals surface area contributed by atoms with Crippen LogP contribution < -0.4 is 5.32 Å². The van der Waals surface area contributed by atoms with Gasteiger partial charge in [0.25, 0.3) is 5.69 Å². The first kappa shape index (κ1) is 9.11. The third-order valence-corrected chi connectivity index (χ3v) is 1.19. The van der Waals surface area contributed by atoms with Crippen molar-refractivity contribution < 1.29 is 9.72 Å². The van der Waals surface area contributed by atoms with Crippen molar-refractivity contribution in [3.63, 3.8) is 0 Å². The van der Waals surface area contributed by atoms with E-state index >= 15 is 0 Å². The van der Waals surface area contributed by atoms with Gasteiger partial charge in [0.1, 0.15) is 0 Å². The van der Waals surface area contributed by atoms with Crippen LogP contribution in [0.1, 0.15) is 6.92 Å². The minimum atomic E-state index is -0.627. The van der Waals surface area contributed by atoms with E-state index in [1.165, 1.54) is 19.2 Å². The summed E-state index contributed by atoms with van der Waals surface area (Å²) < 4.78 is 0. The Balaban J connectivity index is 2.91. The molecule has 1 amide bonds. The number of hydrogen-bond donors (Lipinski definition) is 1. The second-order valence-corrected chi connectivity index (χ2v) is 2.29. The Morgan fingerprint density at radius 2 is 2.46 bits per heavy atom. The molecule has 6 heteroatoms. The lowest BCUT2D eigenvalue weighted by Crippen LogP contribution is -2.06. The molecule has 1 rings (SSSR count). The highest BCUT2D eigenvalue weighted by Gasteiger charge is 2.07. The number of nitrogens with one attached hydrogen (secondary N) is 1. The summed E-state index contributed by atoms with van der Waals surface area (Å²) in [6, 6.07) is 1.19. The van der Waals surface area contributed by atoms with Crippen LogP contribution in [-0.4, -0.2) is 15.8 Å². The van der Waals surface area contributed by atoms with Gasteiger partial charge in [0.15, 0.2) is 6.20 Å². The van der Waals surface area contributed by atoms with E-state index in [2.05, 4.69) is 16.5 Å². The number of carbonyl (C=O) groups is 1. The van der Waals surface area contributed by atoms with Crippen LogP contribution in [0.4, 0.5) is 11.4 Å². The SMILES string of the molecule is CC(=O)Nc1cn[c]c([N+](=O)[O-])c1. The third kappa shape index (κ3) is 2.51. The monoisotopic (exact) mass is 180 g/mol. The highest BCUT2D eigenvalue weighted by Crippen LogP contribution is 2.13. The lowest BCUT2D eigenvalue weighted by atomic mass is 10.4. The fourth-order valence-corrected chi connectivity index (χ4v) is 0.750. The molecule has 1 N–H and O–H groups in total. The number of aromatic nitrogens is 1. The molecule has 0 saturated carbocycles. The summed E-state index contributed by atoms with van der Waals surface area (Å²) >= 11 is 0. The molecule has 0 bridgehead atoms. The molecule has 6 nitrogen and oxygen atoms in total. The molecular weight excluding hydrogens is 174 g/mol. The molecule has 0 fully saturated rings. The molecule has 67 valence electrons. The molecule has 1 aromatic rings. The molecule has 0 aliphatic carbocycles. The predicted molar refractivity (Wildman–Crippen MR) is 44.0 cm³/mol. The van der Waals surface area contributed by atoms with Crippen molar-refractivity contribution >= 4 is 17.3 Å². The van der Waals surface area contributed by atoms with E-state index in [0.29, 0.717) is 0 Å². The fraction of sp³-hybridized carbons (Fsp3) is 0.143. The Hall–Kier alpha value is -1.98. The number of nitrogens with zero attached hydrogens (tertiary/aromatic N) is 2. The molecule has 0 saturated heterocycles. The molecule has 0 spiro atoms. The number of hydrogen-bond acceptors (Lipinski definition) is 4. The van der Waals surface area contributed by atoms with Gasteiger partial charge in [-0.25, -0.2) is 4.98 Å². The van der Waals surface area contributed by atoms with E-state index in [4.69, 9.17) is 0 Å². The van der Waals surface area contributed by atoms with E-state index in [0.717, 1.165) is 0 Å². The topological polar surface area (TPSA) is 85.1 Å². The van der Waals surface area contributed by atoms with Crippen LogP contribution >= 0.6 is 0 Å². The molecule has 13 heavy (non-hydrogen) atoms. The van der Waals surface area contributed by atoms with Crippen LogP contribution in [0.25, 0.3) is 0 Å².